The van der Waals surface area contributed by atoms with Crippen LogP contribution in [0.2, 0.25) is 0 Å². The molecule has 4 rings (SSSR count). The molecule has 2 nitrogen and oxygen atoms in total. The summed E-state index contributed by atoms with van der Waals surface area (Å²) < 4.78 is 0. The number of benzene rings is 4. The Hall–Kier alpha value is -3.78. The third-order valence-electron chi connectivity index (χ3n) is 5.69. The van der Waals surface area contributed by atoms with Crippen LogP contribution < -0.4 is 0 Å². The zero-order chi connectivity index (χ0) is 22.2. The van der Waals surface area contributed by atoms with Gasteiger partial charge < -0.3 is 0 Å². The predicted molar refractivity (Wildman–Crippen MR) is 129 cm³/mol. The third-order valence-corrected chi connectivity index (χ3v) is 5.69. The molecule has 32 heavy (non-hydrogen) atoms. The molecule has 0 aliphatic carbocycles. The highest BCUT2D eigenvalue weighted by molar-refractivity contribution is 6.09. The standard InChI is InChI=1S/C30H26O2/c31-29(25-11-3-1-4-12-25)27-19-15-23(16-20-27)9-7-8-10-24-17-21-28(22-18-24)30(32)26-13-5-2-6-14-26/h1-6,11-22H,7-10H2. The Balaban J connectivity index is 1.25. The van der Waals surface area contributed by atoms with E-state index in [0.29, 0.717) is 0 Å². The van der Waals surface area contributed by atoms with Crippen LogP contribution in [0.15, 0.2) is 109 Å². The van der Waals surface area contributed by atoms with Gasteiger partial charge in [0.15, 0.2) is 11.6 Å². The highest BCUT2D eigenvalue weighted by Gasteiger charge is 2.09. The van der Waals surface area contributed by atoms with Gasteiger partial charge in [-0.15, -0.1) is 0 Å². The molecule has 0 unspecified atom stereocenters. The van der Waals surface area contributed by atoms with Crippen LogP contribution >= 0.6 is 0 Å². The second kappa shape index (κ2) is 10.5. The maximum absolute atomic E-state index is 12.5. The smallest absolute Gasteiger partial charge is 0.193 e. The molecule has 0 N–H and O–H groups in total. The Bertz CT molecular complexity index is 1060. The van der Waals surface area contributed by atoms with E-state index in [0.717, 1.165) is 47.9 Å². The van der Waals surface area contributed by atoms with E-state index in [9.17, 15) is 9.59 Å². The van der Waals surface area contributed by atoms with Crippen molar-refractivity contribution in [1.82, 2.24) is 0 Å². The van der Waals surface area contributed by atoms with Crippen molar-refractivity contribution in [2.24, 2.45) is 0 Å². The Morgan fingerprint density at radius 1 is 0.406 bits per heavy atom. The molecule has 158 valence electrons. The van der Waals surface area contributed by atoms with Gasteiger partial charge >= 0.3 is 0 Å². The molecular weight excluding hydrogens is 392 g/mol. The van der Waals surface area contributed by atoms with Crippen molar-refractivity contribution >= 4 is 11.6 Å². The summed E-state index contributed by atoms with van der Waals surface area (Å²) in [6.07, 6.45) is 4.14. The molecular formula is C30H26O2. The molecule has 0 aliphatic heterocycles. The lowest BCUT2D eigenvalue weighted by molar-refractivity contribution is 0.103. The molecule has 0 amide bonds. The molecule has 0 fully saturated rings. The Morgan fingerprint density at radius 3 is 1.06 bits per heavy atom. The minimum Gasteiger partial charge on any atom is -0.289 e. The average Bonchev–Trinajstić information content (AvgIpc) is 2.87. The van der Waals surface area contributed by atoms with Gasteiger partial charge in [-0.1, -0.05) is 109 Å². The van der Waals surface area contributed by atoms with Crippen molar-refractivity contribution in [2.75, 3.05) is 0 Å². The van der Waals surface area contributed by atoms with E-state index in [1.54, 1.807) is 0 Å². The van der Waals surface area contributed by atoms with Crippen molar-refractivity contribution in [3.05, 3.63) is 143 Å². The summed E-state index contributed by atoms with van der Waals surface area (Å²) in [7, 11) is 0. The summed E-state index contributed by atoms with van der Waals surface area (Å²) >= 11 is 0. The number of aryl methyl sites for hydroxylation is 2. The Kier molecular flexibility index (Phi) is 7.04. The minimum absolute atomic E-state index is 0.0614. The molecule has 4 aromatic carbocycles. The van der Waals surface area contributed by atoms with E-state index >= 15 is 0 Å². The van der Waals surface area contributed by atoms with Crippen molar-refractivity contribution in [3.8, 4) is 0 Å². The van der Waals surface area contributed by atoms with E-state index in [2.05, 4.69) is 24.3 Å². The molecule has 0 aromatic heterocycles. The quantitative estimate of drug-likeness (QED) is 0.223. The molecule has 4 aromatic rings. The summed E-state index contributed by atoms with van der Waals surface area (Å²) in [5.74, 6) is 0.123. The molecule has 0 saturated carbocycles. The van der Waals surface area contributed by atoms with Crippen LogP contribution in [0.25, 0.3) is 0 Å². The second-order valence-corrected chi connectivity index (χ2v) is 7.99. The third kappa shape index (κ3) is 5.47. The van der Waals surface area contributed by atoms with E-state index in [4.69, 9.17) is 0 Å². The van der Waals surface area contributed by atoms with E-state index in [1.807, 2.05) is 84.9 Å². The molecule has 0 saturated heterocycles. The lowest BCUT2D eigenvalue weighted by atomic mass is 9.98. The number of carbonyl (C=O) groups is 2. The van der Waals surface area contributed by atoms with Gasteiger partial charge in [-0.2, -0.15) is 0 Å². The average molecular weight is 419 g/mol. The first-order valence-corrected chi connectivity index (χ1v) is 11.1. The Labute approximate surface area is 189 Å². The van der Waals surface area contributed by atoms with Gasteiger partial charge in [0.05, 0.1) is 0 Å². The highest BCUT2D eigenvalue weighted by Crippen LogP contribution is 2.15. The van der Waals surface area contributed by atoms with Gasteiger partial charge in [0.25, 0.3) is 0 Å². The summed E-state index contributed by atoms with van der Waals surface area (Å²) in [5, 5.41) is 0. The van der Waals surface area contributed by atoms with E-state index < -0.39 is 0 Å². The lowest BCUT2D eigenvalue weighted by Crippen LogP contribution is -2.01. The minimum atomic E-state index is 0.0614. The highest BCUT2D eigenvalue weighted by atomic mass is 16.1. The summed E-state index contributed by atoms with van der Waals surface area (Å²) in [6, 6.07) is 34.7. The van der Waals surface area contributed by atoms with E-state index in [1.165, 1.54) is 11.1 Å². The summed E-state index contributed by atoms with van der Waals surface area (Å²) in [6.45, 7) is 0. The first kappa shape index (κ1) is 21.5. The maximum atomic E-state index is 12.5. The zero-order valence-electron chi connectivity index (χ0n) is 18.0. The fourth-order valence-corrected chi connectivity index (χ4v) is 3.82. The van der Waals surface area contributed by atoms with Gasteiger partial charge in [-0.25, -0.2) is 0 Å². The van der Waals surface area contributed by atoms with Crippen molar-refractivity contribution in [3.63, 3.8) is 0 Å². The topological polar surface area (TPSA) is 34.1 Å². The monoisotopic (exact) mass is 418 g/mol. The predicted octanol–water partition coefficient (Wildman–Crippen LogP) is 6.71. The Morgan fingerprint density at radius 2 is 0.719 bits per heavy atom. The maximum Gasteiger partial charge on any atom is 0.193 e. The number of rotatable bonds is 9. The van der Waals surface area contributed by atoms with Crippen LogP contribution in [0.3, 0.4) is 0 Å². The first-order chi connectivity index (χ1) is 15.7. The molecule has 0 heterocycles. The molecule has 0 atom stereocenters. The summed E-state index contributed by atoms with van der Waals surface area (Å²) in [5.41, 5.74) is 5.39. The largest absolute Gasteiger partial charge is 0.289 e. The summed E-state index contributed by atoms with van der Waals surface area (Å²) in [4.78, 5) is 25.0. The van der Waals surface area contributed by atoms with Gasteiger partial charge in [0.1, 0.15) is 0 Å². The van der Waals surface area contributed by atoms with Crippen LogP contribution in [0, 0.1) is 0 Å². The van der Waals surface area contributed by atoms with Crippen LogP contribution in [0.4, 0.5) is 0 Å². The SMILES string of the molecule is O=C(c1ccccc1)c1ccc(CCCCc2ccc(C(=O)c3ccccc3)cc2)cc1. The normalized spacial score (nSPS) is 10.6. The second-order valence-electron chi connectivity index (χ2n) is 7.99. The van der Waals surface area contributed by atoms with Crippen LogP contribution in [-0.4, -0.2) is 11.6 Å². The molecule has 0 bridgehead atoms. The van der Waals surface area contributed by atoms with Gasteiger partial charge in [-0.3, -0.25) is 9.59 Å². The first-order valence-electron chi connectivity index (χ1n) is 11.1. The lowest BCUT2D eigenvalue weighted by Gasteiger charge is -2.06. The number of hydrogen-bond donors (Lipinski definition) is 0. The number of carbonyl (C=O) groups excluding carboxylic acids is 2. The fourth-order valence-electron chi connectivity index (χ4n) is 3.82. The van der Waals surface area contributed by atoms with Gasteiger partial charge in [-0.05, 0) is 36.8 Å². The van der Waals surface area contributed by atoms with E-state index in [-0.39, 0.29) is 11.6 Å². The number of ketones is 2. The number of hydrogen-bond acceptors (Lipinski definition) is 2. The fraction of sp³-hybridized carbons (Fsp3) is 0.133. The van der Waals surface area contributed by atoms with Crippen LogP contribution in [-0.2, 0) is 12.8 Å². The van der Waals surface area contributed by atoms with Crippen molar-refractivity contribution in [1.29, 1.82) is 0 Å². The van der Waals surface area contributed by atoms with Gasteiger partial charge in [0, 0.05) is 22.3 Å². The van der Waals surface area contributed by atoms with Crippen molar-refractivity contribution < 1.29 is 9.59 Å². The molecule has 0 radical (unpaired) electrons. The van der Waals surface area contributed by atoms with Gasteiger partial charge in [0.2, 0.25) is 0 Å². The number of unbranched alkanes of at least 4 members (excludes halogenated alkanes) is 1. The van der Waals surface area contributed by atoms with Crippen LogP contribution in [0.1, 0.15) is 55.8 Å². The molecule has 2 heteroatoms. The zero-order valence-corrected chi connectivity index (χ0v) is 18.0. The van der Waals surface area contributed by atoms with Crippen LogP contribution in [0.5, 0.6) is 0 Å². The molecule has 0 aliphatic rings. The van der Waals surface area contributed by atoms with Crippen molar-refractivity contribution in [2.45, 2.75) is 25.7 Å². The molecule has 0 spiro atoms.